The van der Waals surface area contributed by atoms with Gasteiger partial charge in [0.1, 0.15) is 11.9 Å². The SMILES string of the molecule is Clc1ccc2c(c1)NCC(c1ccccc1Br)O2. The van der Waals surface area contributed by atoms with Crippen LogP contribution < -0.4 is 10.1 Å². The number of ether oxygens (including phenoxy) is 1. The highest BCUT2D eigenvalue weighted by molar-refractivity contribution is 9.10. The fourth-order valence-electron chi connectivity index (χ4n) is 2.05. The quantitative estimate of drug-likeness (QED) is 0.824. The number of fused-ring (bicyclic) bond motifs is 1. The molecule has 3 rings (SSSR count). The molecule has 0 fully saturated rings. The van der Waals surface area contributed by atoms with Crippen LogP contribution in [-0.4, -0.2) is 6.54 Å². The minimum absolute atomic E-state index is 0.00857. The van der Waals surface area contributed by atoms with Crippen molar-refractivity contribution in [2.75, 3.05) is 11.9 Å². The van der Waals surface area contributed by atoms with Crippen LogP contribution in [0, 0.1) is 0 Å². The third kappa shape index (κ3) is 2.20. The van der Waals surface area contributed by atoms with E-state index in [2.05, 4.69) is 27.3 Å². The number of hydrogen-bond donors (Lipinski definition) is 1. The van der Waals surface area contributed by atoms with E-state index < -0.39 is 0 Å². The topological polar surface area (TPSA) is 21.3 Å². The minimum atomic E-state index is 0.00857. The molecular weight excluding hydrogens is 314 g/mol. The largest absolute Gasteiger partial charge is 0.482 e. The van der Waals surface area contributed by atoms with Crippen molar-refractivity contribution in [1.29, 1.82) is 0 Å². The summed E-state index contributed by atoms with van der Waals surface area (Å²) in [6.45, 7) is 0.732. The van der Waals surface area contributed by atoms with Crippen molar-refractivity contribution in [1.82, 2.24) is 0 Å². The molecule has 18 heavy (non-hydrogen) atoms. The van der Waals surface area contributed by atoms with Gasteiger partial charge in [0, 0.05) is 15.1 Å². The van der Waals surface area contributed by atoms with Crippen molar-refractivity contribution in [3.63, 3.8) is 0 Å². The zero-order valence-electron chi connectivity index (χ0n) is 9.49. The van der Waals surface area contributed by atoms with Crippen LogP contribution in [-0.2, 0) is 0 Å². The number of rotatable bonds is 1. The molecule has 0 aromatic heterocycles. The van der Waals surface area contributed by atoms with E-state index in [-0.39, 0.29) is 6.10 Å². The molecule has 0 saturated carbocycles. The lowest BCUT2D eigenvalue weighted by atomic mass is 10.1. The van der Waals surface area contributed by atoms with Crippen molar-refractivity contribution in [2.45, 2.75) is 6.10 Å². The second kappa shape index (κ2) is 4.82. The zero-order chi connectivity index (χ0) is 12.5. The summed E-state index contributed by atoms with van der Waals surface area (Å²) in [5, 5.41) is 4.06. The molecule has 2 aromatic rings. The van der Waals surface area contributed by atoms with Gasteiger partial charge in [-0.3, -0.25) is 0 Å². The van der Waals surface area contributed by atoms with Crippen LogP contribution in [0.15, 0.2) is 46.9 Å². The van der Waals surface area contributed by atoms with Crippen molar-refractivity contribution in [2.24, 2.45) is 0 Å². The smallest absolute Gasteiger partial charge is 0.143 e. The highest BCUT2D eigenvalue weighted by Crippen LogP contribution is 2.37. The van der Waals surface area contributed by atoms with E-state index in [0.717, 1.165) is 28.0 Å². The molecule has 0 spiro atoms. The zero-order valence-corrected chi connectivity index (χ0v) is 11.8. The third-order valence-corrected chi connectivity index (χ3v) is 3.90. The summed E-state index contributed by atoms with van der Waals surface area (Å²) in [5.41, 5.74) is 2.09. The van der Waals surface area contributed by atoms with Gasteiger partial charge in [0.25, 0.3) is 0 Å². The average Bonchev–Trinajstić information content (AvgIpc) is 2.39. The molecule has 1 aliphatic heterocycles. The van der Waals surface area contributed by atoms with E-state index in [1.807, 2.05) is 36.4 Å². The van der Waals surface area contributed by atoms with Crippen molar-refractivity contribution in [3.8, 4) is 5.75 Å². The summed E-state index contributed by atoms with van der Waals surface area (Å²) >= 11 is 9.51. The third-order valence-electron chi connectivity index (χ3n) is 2.94. The maximum Gasteiger partial charge on any atom is 0.143 e. The first-order valence-electron chi connectivity index (χ1n) is 5.68. The molecule has 2 aromatic carbocycles. The van der Waals surface area contributed by atoms with Gasteiger partial charge in [-0.1, -0.05) is 45.7 Å². The molecule has 92 valence electrons. The van der Waals surface area contributed by atoms with Gasteiger partial charge < -0.3 is 10.1 Å². The van der Waals surface area contributed by atoms with E-state index in [0.29, 0.717) is 5.02 Å². The highest BCUT2D eigenvalue weighted by Gasteiger charge is 2.22. The van der Waals surface area contributed by atoms with Crippen LogP contribution in [0.4, 0.5) is 5.69 Å². The van der Waals surface area contributed by atoms with Crippen LogP contribution in [0.2, 0.25) is 5.02 Å². The second-order valence-electron chi connectivity index (χ2n) is 4.15. The molecule has 1 unspecified atom stereocenters. The highest BCUT2D eigenvalue weighted by atomic mass is 79.9. The number of halogens is 2. The fourth-order valence-corrected chi connectivity index (χ4v) is 2.76. The Morgan fingerprint density at radius 2 is 2.06 bits per heavy atom. The van der Waals surface area contributed by atoms with Gasteiger partial charge in [-0.2, -0.15) is 0 Å². The predicted molar refractivity (Wildman–Crippen MR) is 77.5 cm³/mol. The van der Waals surface area contributed by atoms with Gasteiger partial charge in [-0.25, -0.2) is 0 Å². The van der Waals surface area contributed by atoms with Gasteiger partial charge in [-0.05, 0) is 24.3 Å². The van der Waals surface area contributed by atoms with E-state index in [1.165, 1.54) is 0 Å². The monoisotopic (exact) mass is 323 g/mol. The first-order valence-corrected chi connectivity index (χ1v) is 6.85. The van der Waals surface area contributed by atoms with Gasteiger partial charge in [0.2, 0.25) is 0 Å². The molecule has 1 aliphatic rings. The molecule has 1 atom stereocenters. The Labute approximate surface area is 119 Å². The first kappa shape index (κ1) is 11.9. The lowest BCUT2D eigenvalue weighted by Crippen LogP contribution is -2.23. The Morgan fingerprint density at radius 1 is 1.22 bits per heavy atom. The summed E-state index contributed by atoms with van der Waals surface area (Å²) < 4.78 is 7.07. The Hall–Kier alpha value is -1.19. The maximum atomic E-state index is 6.00. The lowest BCUT2D eigenvalue weighted by Gasteiger charge is -2.28. The van der Waals surface area contributed by atoms with Crippen molar-refractivity contribution >= 4 is 33.2 Å². The Bertz CT molecular complexity index is 588. The van der Waals surface area contributed by atoms with E-state index in [4.69, 9.17) is 16.3 Å². The maximum absolute atomic E-state index is 6.00. The Kier molecular flexibility index (Phi) is 3.18. The Morgan fingerprint density at radius 3 is 2.89 bits per heavy atom. The van der Waals surface area contributed by atoms with Crippen LogP contribution in [0.25, 0.3) is 0 Å². The number of benzene rings is 2. The van der Waals surface area contributed by atoms with Gasteiger partial charge in [-0.15, -0.1) is 0 Å². The summed E-state index contributed by atoms with van der Waals surface area (Å²) in [6.07, 6.45) is 0.00857. The van der Waals surface area contributed by atoms with Gasteiger partial charge >= 0.3 is 0 Å². The second-order valence-corrected chi connectivity index (χ2v) is 5.44. The number of nitrogens with one attached hydrogen (secondary N) is 1. The summed E-state index contributed by atoms with van der Waals surface area (Å²) in [4.78, 5) is 0. The van der Waals surface area contributed by atoms with Crippen LogP contribution >= 0.6 is 27.5 Å². The molecule has 2 nitrogen and oxygen atoms in total. The summed E-state index contributed by atoms with van der Waals surface area (Å²) in [5.74, 6) is 0.839. The predicted octanol–water partition coefficient (Wildman–Crippen LogP) is 4.65. The fraction of sp³-hybridized carbons (Fsp3) is 0.143. The molecular formula is C14H11BrClNO. The molecule has 0 radical (unpaired) electrons. The van der Waals surface area contributed by atoms with E-state index in [1.54, 1.807) is 0 Å². The van der Waals surface area contributed by atoms with Gasteiger partial charge in [0.15, 0.2) is 0 Å². The van der Waals surface area contributed by atoms with Crippen molar-refractivity contribution in [3.05, 3.63) is 57.5 Å². The van der Waals surface area contributed by atoms with Crippen LogP contribution in [0.1, 0.15) is 11.7 Å². The average molecular weight is 325 g/mol. The van der Waals surface area contributed by atoms with Gasteiger partial charge in [0.05, 0.1) is 12.2 Å². The summed E-state index contributed by atoms with van der Waals surface area (Å²) in [7, 11) is 0. The van der Waals surface area contributed by atoms with E-state index >= 15 is 0 Å². The first-order chi connectivity index (χ1) is 8.74. The molecule has 0 aliphatic carbocycles. The number of anilines is 1. The molecule has 1 N–H and O–H groups in total. The molecule has 4 heteroatoms. The lowest BCUT2D eigenvalue weighted by molar-refractivity contribution is 0.210. The normalized spacial score (nSPS) is 17.6. The van der Waals surface area contributed by atoms with Crippen LogP contribution in [0.5, 0.6) is 5.75 Å². The summed E-state index contributed by atoms with van der Waals surface area (Å²) in [6, 6.07) is 13.7. The molecule has 0 saturated heterocycles. The Balaban J connectivity index is 1.92. The van der Waals surface area contributed by atoms with Crippen molar-refractivity contribution < 1.29 is 4.74 Å². The number of hydrogen-bond acceptors (Lipinski definition) is 2. The molecule has 1 heterocycles. The van der Waals surface area contributed by atoms with Crippen LogP contribution in [0.3, 0.4) is 0 Å². The molecule has 0 bridgehead atoms. The molecule has 0 amide bonds. The van der Waals surface area contributed by atoms with E-state index in [9.17, 15) is 0 Å². The standard InChI is InChI=1S/C14H11BrClNO/c15-11-4-2-1-3-10(11)14-8-17-12-7-9(16)5-6-13(12)18-14/h1-7,14,17H,8H2. The minimum Gasteiger partial charge on any atom is -0.482 e.